The Hall–Kier alpha value is -3.45. The summed E-state index contributed by atoms with van der Waals surface area (Å²) in [5.74, 6) is 0. The molecular formula is C33H39N5O. The average molecular weight is 522 g/mol. The number of benzene rings is 1. The lowest BCUT2D eigenvalue weighted by atomic mass is 9.95. The molecule has 0 atom stereocenters. The third-order valence-electron chi connectivity index (χ3n) is 7.60. The lowest BCUT2D eigenvalue weighted by Crippen LogP contribution is -2.48. The third-order valence-corrected chi connectivity index (χ3v) is 7.60. The number of hydrogen-bond donors (Lipinski definition) is 1. The number of pyridine rings is 3. The van der Waals surface area contributed by atoms with Crippen LogP contribution in [0.2, 0.25) is 0 Å². The topological polar surface area (TPSA) is 65.4 Å². The predicted molar refractivity (Wildman–Crippen MR) is 158 cm³/mol. The van der Waals surface area contributed by atoms with Crippen LogP contribution >= 0.6 is 0 Å². The normalized spacial score (nSPS) is 15.2. The minimum absolute atomic E-state index is 0.598. The maximum atomic E-state index is 10.8. The number of hydrogen-bond acceptors (Lipinski definition) is 6. The molecule has 6 heteroatoms. The molecule has 0 radical (unpaired) electrons. The Bertz CT molecular complexity index is 1420. The molecule has 0 amide bonds. The first-order valence-corrected chi connectivity index (χ1v) is 13.9. The molecule has 39 heavy (non-hydrogen) atoms. The fourth-order valence-corrected chi connectivity index (χ4v) is 5.25. The highest BCUT2D eigenvalue weighted by atomic mass is 16.3. The van der Waals surface area contributed by atoms with Crippen LogP contribution in [-0.4, -0.2) is 62.1 Å². The molecule has 1 fully saturated rings. The van der Waals surface area contributed by atoms with E-state index in [2.05, 4.69) is 64.8 Å². The monoisotopic (exact) mass is 521 g/mol. The summed E-state index contributed by atoms with van der Waals surface area (Å²) in [5, 5.41) is 10.8. The molecule has 0 spiro atoms. The van der Waals surface area contributed by atoms with E-state index in [9.17, 15) is 5.11 Å². The summed E-state index contributed by atoms with van der Waals surface area (Å²) in [4.78, 5) is 18.9. The van der Waals surface area contributed by atoms with Gasteiger partial charge in [-0.1, -0.05) is 24.3 Å². The van der Waals surface area contributed by atoms with Gasteiger partial charge in [0.2, 0.25) is 0 Å². The standard InChI is InChI=1S/C33H39N5O/c1-23(2)38-14-12-37(13-15-38)22-25-9-10-29(24(3)16-25)28-17-27(20-34-21-28)26-18-31(30-8-6-7-11-35-30)36-32(19-26)33(4,5)39/h6-11,16-21,23,39H,12-15,22H2,1-5H3. The Kier molecular flexibility index (Phi) is 7.89. The molecule has 202 valence electrons. The van der Waals surface area contributed by atoms with Crippen LogP contribution in [0, 0.1) is 6.92 Å². The van der Waals surface area contributed by atoms with Gasteiger partial charge in [0.05, 0.1) is 17.1 Å². The van der Waals surface area contributed by atoms with Crippen molar-refractivity contribution in [2.45, 2.75) is 52.8 Å². The van der Waals surface area contributed by atoms with Gasteiger partial charge < -0.3 is 5.11 Å². The molecule has 1 aromatic carbocycles. The first kappa shape index (κ1) is 27.1. The van der Waals surface area contributed by atoms with E-state index in [-0.39, 0.29) is 0 Å². The van der Waals surface area contributed by atoms with Gasteiger partial charge in [0.25, 0.3) is 0 Å². The number of nitrogens with zero attached hydrogens (tertiary/aromatic N) is 5. The molecule has 1 aliphatic heterocycles. The van der Waals surface area contributed by atoms with Crippen LogP contribution < -0.4 is 0 Å². The Morgan fingerprint density at radius 3 is 2.31 bits per heavy atom. The molecule has 1 N–H and O–H groups in total. The maximum absolute atomic E-state index is 10.8. The number of aryl methyl sites for hydroxylation is 1. The van der Waals surface area contributed by atoms with E-state index < -0.39 is 5.60 Å². The Labute approximate surface area is 232 Å². The molecule has 1 saturated heterocycles. The van der Waals surface area contributed by atoms with Crippen LogP contribution in [0.15, 0.2) is 73.2 Å². The van der Waals surface area contributed by atoms with Gasteiger partial charge in [-0.3, -0.25) is 19.8 Å². The van der Waals surface area contributed by atoms with E-state index in [1.807, 2.05) is 42.7 Å². The van der Waals surface area contributed by atoms with Gasteiger partial charge in [-0.25, -0.2) is 4.98 Å². The summed E-state index contributed by atoms with van der Waals surface area (Å²) in [6.07, 6.45) is 5.55. The number of piperazine rings is 1. The minimum Gasteiger partial charge on any atom is -0.384 e. The second-order valence-electron chi connectivity index (χ2n) is 11.4. The van der Waals surface area contributed by atoms with Crippen molar-refractivity contribution in [1.82, 2.24) is 24.8 Å². The van der Waals surface area contributed by atoms with Crippen LogP contribution in [0.25, 0.3) is 33.6 Å². The lowest BCUT2D eigenvalue weighted by Gasteiger charge is -2.37. The fourth-order valence-electron chi connectivity index (χ4n) is 5.25. The zero-order valence-electron chi connectivity index (χ0n) is 23.7. The highest BCUT2D eigenvalue weighted by molar-refractivity contribution is 5.75. The Balaban J connectivity index is 1.41. The largest absolute Gasteiger partial charge is 0.384 e. The van der Waals surface area contributed by atoms with Gasteiger partial charge in [-0.15, -0.1) is 0 Å². The van der Waals surface area contributed by atoms with Gasteiger partial charge >= 0.3 is 0 Å². The van der Waals surface area contributed by atoms with E-state index in [0.717, 1.165) is 60.8 Å². The van der Waals surface area contributed by atoms with Crippen molar-refractivity contribution in [1.29, 1.82) is 0 Å². The van der Waals surface area contributed by atoms with Crippen LogP contribution in [0.5, 0.6) is 0 Å². The number of aromatic nitrogens is 3. The van der Waals surface area contributed by atoms with Crippen molar-refractivity contribution in [2.24, 2.45) is 0 Å². The second-order valence-corrected chi connectivity index (χ2v) is 11.4. The summed E-state index contributed by atoms with van der Waals surface area (Å²) < 4.78 is 0. The zero-order valence-corrected chi connectivity index (χ0v) is 23.7. The fraction of sp³-hybridized carbons (Fsp3) is 0.364. The molecule has 0 saturated carbocycles. The molecule has 0 bridgehead atoms. The summed E-state index contributed by atoms with van der Waals surface area (Å²) in [6, 6.07) is 19.3. The van der Waals surface area contributed by atoms with Crippen LogP contribution in [0.4, 0.5) is 0 Å². The summed E-state index contributed by atoms with van der Waals surface area (Å²) in [7, 11) is 0. The van der Waals surface area contributed by atoms with Crippen molar-refractivity contribution in [2.75, 3.05) is 26.2 Å². The summed E-state index contributed by atoms with van der Waals surface area (Å²) >= 11 is 0. The average Bonchev–Trinajstić information content (AvgIpc) is 2.93. The molecular weight excluding hydrogens is 482 g/mol. The molecule has 6 nitrogen and oxygen atoms in total. The summed E-state index contributed by atoms with van der Waals surface area (Å²) in [5.41, 5.74) is 7.78. The predicted octanol–water partition coefficient (Wildman–Crippen LogP) is 5.93. The van der Waals surface area contributed by atoms with Gasteiger partial charge in [-0.2, -0.15) is 0 Å². The van der Waals surface area contributed by atoms with Gasteiger partial charge in [0.15, 0.2) is 0 Å². The first-order valence-electron chi connectivity index (χ1n) is 13.9. The van der Waals surface area contributed by atoms with Gasteiger partial charge in [0, 0.05) is 68.5 Å². The highest BCUT2D eigenvalue weighted by Crippen LogP contribution is 2.32. The SMILES string of the molecule is Cc1cc(CN2CCN(C(C)C)CC2)ccc1-c1cncc(-c2cc(-c3ccccn3)nc(C(C)(C)O)c2)c1. The lowest BCUT2D eigenvalue weighted by molar-refractivity contribution is 0.0740. The van der Waals surface area contributed by atoms with Crippen molar-refractivity contribution in [3.05, 3.63) is 90.0 Å². The van der Waals surface area contributed by atoms with E-state index in [4.69, 9.17) is 4.98 Å². The Morgan fingerprint density at radius 2 is 1.64 bits per heavy atom. The molecule has 5 rings (SSSR count). The van der Waals surface area contributed by atoms with Crippen LogP contribution in [0.1, 0.15) is 44.5 Å². The highest BCUT2D eigenvalue weighted by Gasteiger charge is 2.21. The van der Waals surface area contributed by atoms with E-state index in [1.165, 1.54) is 16.7 Å². The zero-order chi connectivity index (χ0) is 27.6. The minimum atomic E-state index is -1.08. The van der Waals surface area contributed by atoms with Gasteiger partial charge in [0.1, 0.15) is 5.60 Å². The first-order chi connectivity index (χ1) is 18.7. The smallest absolute Gasteiger partial charge is 0.101 e. The molecule has 3 aromatic heterocycles. The number of rotatable bonds is 7. The quantitative estimate of drug-likeness (QED) is 0.325. The second kappa shape index (κ2) is 11.3. The van der Waals surface area contributed by atoms with E-state index in [0.29, 0.717) is 11.7 Å². The van der Waals surface area contributed by atoms with Crippen molar-refractivity contribution in [3.63, 3.8) is 0 Å². The van der Waals surface area contributed by atoms with Gasteiger partial charge in [-0.05, 0) is 87.2 Å². The number of aliphatic hydroxyl groups is 1. The third kappa shape index (κ3) is 6.41. The van der Waals surface area contributed by atoms with Crippen molar-refractivity contribution < 1.29 is 5.11 Å². The molecule has 0 unspecified atom stereocenters. The summed E-state index contributed by atoms with van der Waals surface area (Å²) in [6.45, 7) is 15.7. The molecule has 4 aromatic rings. The van der Waals surface area contributed by atoms with Crippen molar-refractivity contribution >= 4 is 0 Å². The maximum Gasteiger partial charge on any atom is 0.101 e. The Morgan fingerprint density at radius 1 is 0.872 bits per heavy atom. The van der Waals surface area contributed by atoms with Crippen LogP contribution in [0.3, 0.4) is 0 Å². The molecule has 4 heterocycles. The molecule has 0 aliphatic carbocycles. The van der Waals surface area contributed by atoms with E-state index in [1.54, 1.807) is 20.0 Å². The molecule has 1 aliphatic rings. The van der Waals surface area contributed by atoms with Crippen LogP contribution in [-0.2, 0) is 12.1 Å². The van der Waals surface area contributed by atoms with E-state index >= 15 is 0 Å². The van der Waals surface area contributed by atoms with Crippen molar-refractivity contribution in [3.8, 4) is 33.6 Å².